The summed E-state index contributed by atoms with van der Waals surface area (Å²) in [5, 5.41) is 5.91. The van der Waals surface area contributed by atoms with Gasteiger partial charge in [0.2, 0.25) is 0 Å². The van der Waals surface area contributed by atoms with Crippen LogP contribution in [0, 0.1) is 6.92 Å². The SMILES string of the molecule is Cc1ccc(Nc2cnc(C(=O)NC(C)C)cn2)cc1. The normalized spacial score (nSPS) is 10.4. The molecule has 0 unspecified atom stereocenters. The highest BCUT2D eigenvalue weighted by molar-refractivity contribution is 5.92. The monoisotopic (exact) mass is 270 g/mol. The number of aryl methyl sites for hydroxylation is 1. The molecule has 0 aliphatic carbocycles. The minimum atomic E-state index is -0.214. The Balaban J connectivity index is 2.04. The Morgan fingerprint density at radius 2 is 1.80 bits per heavy atom. The molecule has 1 amide bonds. The molecule has 0 bridgehead atoms. The molecule has 0 saturated carbocycles. The molecule has 104 valence electrons. The van der Waals surface area contributed by atoms with E-state index in [4.69, 9.17) is 0 Å². The maximum atomic E-state index is 11.7. The second kappa shape index (κ2) is 6.14. The first-order chi connectivity index (χ1) is 9.54. The molecule has 0 fully saturated rings. The average Bonchev–Trinajstić information content (AvgIpc) is 2.41. The second-order valence-corrected chi connectivity index (χ2v) is 4.91. The van der Waals surface area contributed by atoms with Crippen LogP contribution in [0.1, 0.15) is 29.9 Å². The lowest BCUT2D eigenvalue weighted by Gasteiger charge is -2.08. The van der Waals surface area contributed by atoms with Gasteiger partial charge in [-0.2, -0.15) is 0 Å². The third-order valence-electron chi connectivity index (χ3n) is 2.63. The van der Waals surface area contributed by atoms with Crippen LogP contribution in [0.25, 0.3) is 0 Å². The molecule has 0 spiro atoms. The number of hydrogen-bond acceptors (Lipinski definition) is 4. The highest BCUT2D eigenvalue weighted by atomic mass is 16.1. The summed E-state index contributed by atoms with van der Waals surface area (Å²) in [6.07, 6.45) is 3.02. The van der Waals surface area contributed by atoms with E-state index in [-0.39, 0.29) is 11.9 Å². The van der Waals surface area contributed by atoms with Gasteiger partial charge in [0.1, 0.15) is 11.5 Å². The number of nitrogens with zero attached hydrogens (tertiary/aromatic N) is 2. The Kier molecular flexibility index (Phi) is 4.30. The number of hydrogen-bond donors (Lipinski definition) is 2. The topological polar surface area (TPSA) is 66.9 Å². The van der Waals surface area contributed by atoms with Gasteiger partial charge in [-0.3, -0.25) is 4.79 Å². The van der Waals surface area contributed by atoms with Crippen molar-refractivity contribution < 1.29 is 4.79 Å². The number of anilines is 2. The van der Waals surface area contributed by atoms with E-state index >= 15 is 0 Å². The van der Waals surface area contributed by atoms with Crippen molar-refractivity contribution in [3.05, 3.63) is 47.9 Å². The van der Waals surface area contributed by atoms with E-state index in [2.05, 4.69) is 20.6 Å². The summed E-state index contributed by atoms with van der Waals surface area (Å²) >= 11 is 0. The Hall–Kier alpha value is -2.43. The van der Waals surface area contributed by atoms with Gasteiger partial charge in [-0.15, -0.1) is 0 Å². The summed E-state index contributed by atoms with van der Waals surface area (Å²) in [7, 11) is 0. The van der Waals surface area contributed by atoms with Crippen molar-refractivity contribution in [2.45, 2.75) is 26.8 Å². The minimum absolute atomic E-state index is 0.0784. The Bertz CT molecular complexity index is 576. The van der Waals surface area contributed by atoms with Gasteiger partial charge >= 0.3 is 0 Å². The Morgan fingerprint density at radius 3 is 2.35 bits per heavy atom. The first kappa shape index (κ1) is 14.0. The van der Waals surface area contributed by atoms with E-state index in [0.717, 1.165) is 5.69 Å². The molecule has 1 aromatic carbocycles. The van der Waals surface area contributed by atoms with Gasteiger partial charge in [-0.05, 0) is 32.9 Å². The number of rotatable bonds is 4. The quantitative estimate of drug-likeness (QED) is 0.896. The van der Waals surface area contributed by atoms with Crippen molar-refractivity contribution in [1.29, 1.82) is 0 Å². The molecule has 0 radical (unpaired) electrons. The third kappa shape index (κ3) is 3.78. The van der Waals surface area contributed by atoms with Crippen molar-refractivity contribution in [3.8, 4) is 0 Å². The van der Waals surface area contributed by atoms with Crippen LogP contribution in [0.4, 0.5) is 11.5 Å². The smallest absolute Gasteiger partial charge is 0.271 e. The highest BCUT2D eigenvalue weighted by Gasteiger charge is 2.08. The van der Waals surface area contributed by atoms with Crippen LogP contribution < -0.4 is 10.6 Å². The van der Waals surface area contributed by atoms with Crippen LogP contribution in [-0.4, -0.2) is 21.9 Å². The zero-order valence-corrected chi connectivity index (χ0v) is 11.8. The summed E-state index contributed by atoms with van der Waals surface area (Å²) < 4.78 is 0. The minimum Gasteiger partial charge on any atom is -0.348 e. The predicted molar refractivity (Wildman–Crippen MR) is 79.1 cm³/mol. The van der Waals surface area contributed by atoms with Crippen LogP contribution in [0.3, 0.4) is 0 Å². The molecule has 0 aliphatic heterocycles. The third-order valence-corrected chi connectivity index (χ3v) is 2.63. The molecule has 0 atom stereocenters. The van der Waals surface area contributed by atoms with Gasteiger partial charge in [-0.1, -0.05) is 17.7 Å². The molecule has 0 aliphatic rings. The molecule has 5 nitrogen and oxygen atoms in total. The molecule has 0 saturated heterocycles. The van der Waals surface area contributed by atoms with Crippen molar-refractivity contribution in [3.63, 3.8) is 0 Å². The van der Waals surface area contributed by atoms with Crippen molar-refractivity contribution in [1.82, 2.24) is 15.3 Å². The number of carbonyl (C=O) groups excluding carboxylic acids is 1. The number of nitrogens with one attached hydrogen (secondary N) is 2. The average molecular weight is 270 g/mol. The molecule has 20 heavy (non-hydrogen) atoms. The van der Waals surface area contributed by atoms with Gasteiger partial charge in [0.05, 0.1) is 12.4 Å². The summed E-state index contributed by atoms with van der Waals surface area (Å²) in [6.45, 7) is 5.84. The van der Waals surface area contributed by atoms with Gasteiger partial charge in [0.15, 0.2) is 0 Å². The molecule has 1 heterocycles. The number of aromatic nitrogens is 2. The van der Waals surface area contributed by atoms with E-state index < -0.39 is 0 Å². The first-order valence-electron chi connectivity index (χ1n) is 6.51. The lowest BCUT2D eigenvalue weighted by molar-refractivity contribution is 0.0937. The van der Waals surface area contributed by atoms with Crippen LogP contribution >= 0.6 is 0 Å². The molecular formula is C15H18N4O. The number of amides is 1. The zero-order chi connectivity index (χ0) is 14.5. The van der Waals surface area contributed by atoms with Gasteiger partial charge in [0, 0.05) is 11.7 Å². The van der Waals surface area contributed by atoms with Crippen molar-refractivity contribution in [2.24, 2.45) is 0 Å². The van der Waals surface area contributed by atoms with Crippen molar-refractivity contribution in [2.75, 3.05) is 5.32 Å². The van der Waals surface area contributed by atoms with Crippen molar-refractivity contribution >= 4 is 17.4 Å². The Morgan fingerprint density at radius 1 is 1.10 bits per heavy atom. The zero-order valence-electron chi connectivity index (χ0n) is 11.8. The summed E-state index contributed by atoms with van der Waals surface area (Å²) in [4.78, 5) is 20.0. The van der Waals surface area contributed by atoms with Crippen LogP contribution in [0.5, 0.6) is 0 Å². The lowest BCUT2D eigenvalue weighted by Crippen LogP contribution is -2.30. The standard InChI is InChI=1S/C15H18N4O/c1-10(2)18-15(20)13-8-17-14(9-16-13)19-12-6-4-11(3)5-7-12/h4-10H,1-3H3,(H,17,19)(H,18,20). The van der Waals surface area contributed by atoms with E-state index in [1.165, 1.54) is 11.8 Å². The maximum Gasteiger partial charge on any atom is 0.271 e. The molecule has 2 N–H and O–H groups in total. The highest BCUT2D eigenvalue weighted by Crippen LogP contribution is 2.14. The van der Waals surface area contributed by atoms with Gasteiger partial charge in [0.25, 0.3) is 5.91 Å². The molecular weight excluding hydrogens is 252 g/mol. The van der Waals surface area contributed by atoms with E-state index in [1.807, 2.05) is 45.0 Å². The molecule has 2 rings (SSSR count). The fourth-order valence-corrected chi connectivity index (χ4v) is 1.63. The molecule has 1 aromatic heterocycles. The maximum absolute atomic E-state index is 11.7. The Labute approximate surface area is 118 Å². The largest absolute Gasteiger partial charge is 0.348 e. The predicted octanol–water partition coefficient (Wildman–Crippen LogP) is 2.67. The van der Waals surface area contributed by atoms with E-state index in [0.29, 0.717) is 11.5 Å². The fraction of sp³-hybridized carbons (Fsp3) is 0.267. The van der Waals surface area contributed by atoms with Crippen LogP contribution in [0.15, 0.2) is 36.7 Å². The van der Waals surface area contributed by atoms with Gasteiger partial charge < -0.3 is 10.6 Å². The summed E-state index contributed by atoms with van der Waals surface area (Å²) in [5.74, 6) is 0.393. The molecule has 5 heteroatoms. The summed E-state index contributed by atoms with van der Waals surface area (Å²) in [6, 6.07) is 8.04. The summed E-state index contributed by atoms with van der Waals surface area (Å²) in [5.41, 5.74) is 2.44. The van der Waals surface area contributed by atoms with Gasteiger partial charge in [-0.25, -0.2) is 9.97 Å². The first-order valence-corrected chi connectivity index (χ1v) is 6.51. The van der Waals surface area contributed by atoms with E-state index in [1.54, 1.807) is 6.20 Å². The number of benzene rings is 1. The van der Waals surface area contributed by atoms with Crippen LogP contribution in [-0.2, 0) is 0 Å². The van der Waals surface area contributed by atoms with E-state index in [9.17, 15) is 4.79 Å². The van der Waals surface area contributed by atoms with Crippen LogP contribution in [0.2, 0.25) is 0 Å². The molecule has 2 aromatic rings. The lowest BCUT2D eigenvalue weighted by atomic mass is 10.2. The number of carbonyl (C=O) groups is 1. The fourth-order valence-electron chi connectivity index (χ4n) is 1.63. The second-order valence-electron chi connectivity index (χ2n) is 4.91.